The maximum Gasteiger partial charge on any atom is 0.333 e. The predicted molar refractivity (Wildman–Crippen MR) is 88.2 cm³/mol. The van der Waals surface area contributed by atoms with Gasteiger partial charge in [0.15, 0.2) is 0 Å². The summed E-state index contributed by atoms with van der Waals surface area (Å²) in [5.74, 6) is -4.47. The monoisotopic (exact) mass is 454 g/mol. The molecule has 2 aliphatic rings. The van der Waals surface area contributed by atoms with Gasteiger partial charge in [0.25, 0.3) is 33.7 Å². The quantitative estimate of drug-likeness (QED) is 0.261. The van der Waals surface area contributed by atoms with E-state index in [-0.39, 0.29) is 25.7 Å². The number of hydrogen-bond acceptors (Lipinski definition) is 12. The van der Waals surface area contributed by atoms with Gasteiger partial charge in [0.1, 0.15) is 0 Å². The Bertz CT molecular complexity index is 755. The van der Waals surface area contributed by atoms with E-state index in [0.29, 0.717) is 10.1 Å². The molecule has 0 aromatic heterocycles. The smallest absolute Gasteiger partial charge is 0.333 e. The molecule has 168 valence electrons. The molecular weight excluding hydrogens is 436 g/mol. The number of aliphatic hydroxyl groups is 2. The van der Waals surface area contributed by atoms with Crippen molar-refractivity contribution in [2.45, 2.75) is 44.0 Å². The van der Waals surface area contributed by atoms with Crippen LogP contribution in [0.3, 0.4) is 0 Å². The fourth-order valence-corrected chi connectivity index (χ4v) is 2.10. The summed E-state index contributed by atoms with van der Waals surface area (Å²) in [6, 6.07) is 0. The predicted octanol–water partition coefficient (Wildman–Crippen LogP) is -2.83. The van der Waals surface area contributed by atoms with Crippen LogP contribution in [0.1, 0.15) is 38.5 Å². The first kappa shape index (κ1) is 25.1. The van der Waals surface area contributed by atoms with Gasteiger partial charge in [-0.2, -0.15) is 8.42 Å². The van der Waals surface area contributed by atoms with Crippen molar-refractivity contribution in [2.24, 2.45) is 0 Å². The number of rotatable bonds is 7. The van der Waals surface area contributed by atoms with Gasteiger partial charge in [-0.15, -0.1) is 10.1 Å². The molecule has 0 spiro atoms. The Morgan fingerprint density at radius 3 is 1.33 bits per heavy atom. The van der Waals surface area contributed by atoms with Crippen LogP contribution in [0.25, 0.3) is 0 Å². The second-order valence-electron chi connectivity index (χ2n) is 5.74. The van der Waals surface area contributed by atoms with E-state index in [4.69, 9.17) is 14.8 Å². The van der Waals surface area contributed by atoms with Gasteiger partial charge in [-0.1, -0.05) is 0 Å². The molecule has 15 nitrogen and oxygen atoms in total. The summed E-state index contributed by atoms with van der Waals surface area (Å²) in [5.41, 5.74) is -2.07. The van der Waals surface area contributed by atoms with E-state index >= 15 is 0 Å². The lowest BCUT2D eigenvalue weighted by molar-refractivity contribution is -0.201. The van der Waals surface area contributed by atoms with Crippen molar-refractivity contribution in [3.63, 3.8) is 0 Å². The van der Waals surface area contributed by atoms with Crippen molar-refractivity contribution < 1.29 is 61.6 Å². The molecule has 0 aromatic rings. The standard InChI is InChI=1S/C12H12N2O8.C2H6O5S/c15-7-1-2-8(16)13(7)21-11(19)5-6-12(20)22-14-9(17)3-4-10(14)18;3-1-2(4)8(5,6)7/h1-6H2;2-4H,1H2,(H,5,6,7). The fourth-order valence-electron chi connectivity index (χ4n) is 1.91. The molecule has 1 atom stereocenters. The SMILES string of the molecule is O=C(CCC(=O)ON1C(=O)CCC1=O)ON1C(=O)CCC1=O.O=S(=O)(O)C(O)CO. The van der Waals surface area contributed by atoms with Crippen LogP contribution in [-0.4, -0.2) is 80.9 Å². The van der Waals surface area contributed by atoms with Crippen molar-refractivity contribution in [3.05, 3.63) is 0 Å². The molecule has 0 aromatic carbocycles. The average Bonchev–Trinajstić information content (AvgIpc) is 3.15. The van der Waals surface area contributed by atoms with Gasteiger partial charge in [-0.3, -0.25) is 23.7 Å². The van der Waals surface area contributed by atoms with Gasteiger partial charge >= 0.3 is 11.9 Å². The zero-order valence-corrected chi connectivity index (χ0v) is 16.1. The lowest BCUT2D eigenvalue weighted by atomic mass is 10.3. The Balaban J connectivity index is 0.000000479. The molecule has 3 N–H and O–H groups in total. The second-order valence-corrected chi connectivity index (χ2v) is 7.32. The van der Waals surface area contributed by atoms with Crippen LogP contribution >= 0.6 is 0 Å². The summed E-state index contributed by atoms with van der Waals surface area (Å²) in [7, 11) is -4.45. The van der Waals surface area contributed by atoms with E-state index in [1.165, 1.54) is 0 Å². The molecular formula is C14H18N2O13S. The third-order valence-electron chi connectivity index (χ3n) is 3.43. The van der Waals surface area contributed by atoms with Crippen LogP contribution < -0.4 is 0 Å². The maximum atomic E-state index is 11.4. The summed E-state index contributed by atoms with van der Waals surface area (Å²) in [6.07, 6.45) is -1.07. The van der Waals surface area contributed by atoms with E-state index in [2.05, 4.69) is 9.68 Å². The molecule has 16 heteroatoms. The summed E-state index contributed by atoms with van der Waals surface area (Å²) in [5, 5.41) is 16.7. The van der Waals surface area contributed by atoms with Crippen molar-refractivity contribution in [1.29, 1.82) is 0 Å². The Morgan fingerprint density at radius 2 is 1.13 bits per heavy atom. The number of hydrogen-bond donors (Lipinski definition) is 3. The van der Waals surface area contributed by atoms with Crippen LogP contribution in [0, 0.1) is 0 Å². The summed E-state index contributed by atoms with van der Waals surface area (Å²) < 4.78 is 27.3. The summed E-state index contributed by atoms with van der Waals surface area (Å²) >= 11 is 0. The van der Waals surface area contributed by atoms with Crippen LogP contribution in [-0.2, 0) is 48.6 Å². The summed E-state index contributed by atoms with van der Waals surface area (Å²) in [4.78, 5) is 76.8. The van der Waals surface area contributed by atoms with Crippen LogP contribution in [0.15, 0.2) is 0 Å². The number of nitrogens with zero attached hydrogens (tertiary/aromatic N) is 2. The highest BCUT2D eigenvalue weighted by atomic mass is 32.2. The largest absolute Gasteiger partial charge is 0.392 e. The molecule has 2 rings (SSSR count). The van der Waals surface area contributed by atoms with Gasteiger partial charge in [0.2, 0.25) is 5.44 Å². The summed E-state index contributed by atoms with van der Waals surface area (Å²) in [6.45, 7) is -0.987. The van der Waals surface area contributed by atoms with E-state index in [9.17, 15) is 37.2 Å². The van der Waals surface area contributed by atoms with E-state index in [1.807, 2.05) is 0 Å². The average molecular weight is 454 g/mol. The minimum Gasteiger partial charge on any atom is -0.392 e. The molecule has 0 saturated carbocycles. The van der Waals surface area contributed by atoms with Crippen LogP contribution in [0.4, 0.5) is 0 Å². The van der Waals surface area contributed by atoms with Crippen LogP contribution in [0.5, 0.6) is 0 Å². The second kappa shape index (κ2) is 10.7. The van der Waals surface area contributed by atoms with Crippen molar-refractivity contribution in [1.82, 2.24) is 10.1 Å². The number of carbonyl (C=O) groups excluding carboxylic acids is 6. The number of aliphatic hydroxyl groups excluding tert-OH is 2. The lowest BCUT2D eigenvalue weighted by Gasteiger charge is -2.13. The minimum atomic E-state index is -4.45. The van der Waals surface area contributed by atoms with Crippen LogP contribution in [0.2, 0.25) is 0 Å². The molecule has 1 unspecified atom stereocenters. The molecule has 0 bridgehead atoms. The third kappa shape index (κ3) is 7.47. The number of amides is 4. The lowest BCUT2D eigenvalue weighted by Crippen LogP contribution is -2.33. The number of imide groups is 2. The molecule has 0 aliphatic carbocycles. The highest BCUT2D eigenvalue weighted by Crippen LogP contribution is 2.15. The fraction of sp³-hybridized carbons (Fsp3) is 0.571. The Kier molecular flexibility index (Phi) is 8.96. The Morgan fingerprint density at radius 1 is 0.833 bits per heavy atom. The van der Waals surface area contributed by atoms with Gasteiger partial charge in [0.05, 0.1) is 19.4 Å². The zero-order chi connectivity index (χ0) is 23.1. The minimum absolute atomic E-state index is 0.0344. The first-order valence-electron chi connectivity index (χ1n) is 8.25. The Labute approximate surface area is 168 Å². The zero-order valence-electron chi connectivity index (χ0n) is 15.3. The van der Waals surface area contributed by atoms with Crippen molar-refractivity contribution in [2.75, 3.05) is 6.61 Å². The molecule has 0 radical (unpaired) electrons. The molecule has 2 aliphatic heterocycles. The number of hydroxylamine groups is 4. The highest BCUT2D eigenvalue weighted by molar-refractivity contribution is 7.86. The molecule has 30 heavy (non-hydrogen) atoms. The normalized spacial score (nSPS) is 17.6. The third-order valence-corrected chi connectivity index (χ3v) is 4.27. The molecule has 4 amide bonds. The molecule has 2 heterocycles. The highest BCUT2D eigenvalue weighted by Gasteiger charge is 2.34. The van der Waals surface area contributed by atoms with Gasteiger partial charge < -0.3 is 19.9 Å². The first-order chi connectivity index (χ1) is 13.9. The first-order valence-corrected chi connectivity index (χ1v) is 9.75. The van der Waals surface area contributed by atoms with E-state index in [1.54, 1.807) is 0 Å². The Hall–Kier alpha value is -2.95. The van der Waals surface area contributed by atoms with Crippen molar-refractivity contribution >= 4 is 45.7 Å². The number of carbonyl (C=O) groups is 6. The topological polar surface area (TPSA) is 222 Å². The van der Waals surface area contributed by atoms with Gasteiger partial charge in [-0.25, -0.2) is 9.59 Å². The maximum absolute atomic E-state index is 11.4. The molecule has 2 fully saturated rings. The van der Waals surface area contributed by atoms with E-state index in [0.717, 1.165) is 0 Å². The van der Waals surface area contributed by atoms with Gasteiger partial charge in [0, 0.05) is 25.7 Å². The van der Waals surface area contributed by atoms with Gasteiger partial charge in [-0.05, 0) is 0 Å². The van der Waals surface area contributed by atoms with Crippen molar-refractivity contribution in [3.8, 4) is 0 Å². The van der Waals surface area contributed by atoms with E-state index < -0.39 is 70.6 Å². The molecule has 2 saturated heterocycles.